The van der Waals surface area contributed by atoms with Gasteiger partial charge in [0.25, 0.3) is 0 Å². The molecule has 1 amide bonds. The predicted molar refractivity (Wildman–Crippen MR) is 92.5 cm³/mol. The Morgan fingerprint density at radius 2 is 2.05 bits per heavy atom. The Hall–Kier alpha value is -0.320. The third-order valence-corrected chi connectivity index (χ3v) is 4.88. The third-order valence-electron chi connectivity index (χ3n) is 4.88. The van der Waals surface area contributed by atoms with Crippen LogP contribution in [0.5, 0.6) is 0 Å². The molecule has 0 bridgehead atoms. The van der Waals surface area contributed by atoms with Gasteiger partial charge in [-0.15, -0.1) is 12.4 Å². The topological polar surface area (TPSA) is 50.4 Å². The molecule has 2 fully saturated rings. The van der Waals surface area contributed by atoms with Crippen molar-refractivity contribution in [2.24, 2.45) is 5.92 Å². The van der Waals surface area contributed by atoms with Crippen molar-refractivity contribution in [3.05, 3.63) is 0 Å². The first-order chi connectivity index (χ1) is 10.1. The van der Waals surface area contributed by atoms with Crippen LogP contribution in [0.2, 0.25) is 0 Å². The number of nitrogens with one attached hydrogen (secondary N) is 2. The fourth-order valence-corrected chi connectivity index (χ4v) is 3.63. The summed E-state index contributed by atoms with van der Waals surface area (Å²) in [5.41, 5.74) is 0. The molecular weight excluding hydrogens is 300 g/mol. The summed E-state index contributed by atoms with van der Waals surface area (Å²) < 4.78 is 6.11. The fraction of sp³-hybridized carbons (Fsp3) is 0.941. The number of hydrogen-bond donors (Lipinski definition) is 2. The van der Waals surface area contributed by atoms with Crippen molar-refractivity contribution >= 4 is 18.3 Å². The van der Waals surface area contributed by atoms with Gasteiger partial charge in [0.05, 0.1) is 6.10 Å². The number of amides is 1. The van der Waals surface area contributed by atoms with Gasteiger partial charge in [0, 0.05) is 12.1 Å². The molecule has 5 unspecified atom stereocenters. The second kappa shape index (κ2) is 9.74. The summed E-state index contributed by atoms with van der Waals surface area (Å²) in [5, 5.41) is 6.61. The highest BCUT2D eigenvalue weighted by Crippen LogP contribution is 2.27. The molecule has 1 aliphatic heterocycles. The van der Waals surface area contributed by atoms with E-state index in [1.165, 1.54) is 12.8 Å². The molecule has 2 aliphatic rings. The van der Waals surface area contributed by atoms with Crippen molar-refractivity contribution in [3.63, 3.8) is 0 Å². The van der Waals surface area contributed by atoms with E-state index < -0.39 is 0 Å². The van der Waals surface area contributed by atoms with Crippen molar-refractivity contribution in [3.8, 4) is 0 Å². The number of halogens is 1. The fourth-order valence-electron chi connectivity index (χ4n) is 3.63. The standard InChI is InChI=1S/C17H32N2O2.ClH/c1-4-16(21-15-7-5-6-12(2)10-15)17(20)19-14-8-9-18-13(3)11-14;/h12-16,18H,4-11H2,1-3H3,(H,19,20);1H. The zero-order chi connectivity index (χ0) is 15.2. The number of ether oxygens (including phenoxy) is 1. The van der Waals surface area contributed by atoms with E-state index in [4.69, 9.17) is 4.74 Å². The molecule has 0 aromatic heterocycles. The summed E-state index contributed by atoms with van der Waals surface area (Å²) in [6, 6.07) is 0.793. The van der Waals surface area contributed by atoms with Crippen molar-refractivity contribution in [1.29, 1.82) is 0 Å². The van der Waals surface area contributed by atoms with Crippen LogP contribution in [-0.2, 0) is 9.53 Å². The molecule has 2 rings (SSSR count). The minimum atomic E-state index is -0.273. The van der Waals surface area contributed by atoms with Crippen LogP contribution in [0.4, 0.5) is 0 Å². The number of carbonyl (C=O) groups is 1. The van der Waals surface area contributed by atoms with Gasteiger partial charge in [0.15, 0.2) is 0 Å². The Morgan fingerprint density at radius 1 is 1.27 bits per heavy atom. The van der Waals surface area contributed by atoms with Crippen molar-refractivity contribution < 1.29 is 9.53 Å². The first-order valence-corrected chi connectivity index (χ1v) is 8.77. The lowest BCUT2D eigenvalue weighted by atomic mass is 9.88. The average Bonchev–Trinajstić information content (AvgIpc) is 2.44. The highest BCUT2D eigenvalue weighted by atomic mass is 35.5. The van der Waals surface area contributed by atoms with Gasteiger partial charge in [0.2, 0.25) is 5.91 Å². The third kappa shape index (κ3) is 6.05. The average molecular weight is 333 g/mol. The Kier molecular flexibility index (Phi) is 8.73. The van der Waals surface area contributed by atoms with Crippen LogP contribution in [0.25, 0.3) is 0 Å². The molecule has 5 heteroatoms. The van der Waals surface area contributed by atoms with Crippen LogP contribution in [0.1, 0.15) is 65.7 Å². The number of carbonyl (C=O) groups excluding carboxylic acids is 1. The van der Waals surface area contributed by atoms with Gasteiger partial charge in [-0.3, -0.25) is 4.79 Å². The summed E-state index contributed by atoms with van der Waals surface area (Å²) in [5.74, 6) is 0.824. The van der Waals surface area contributed by atoms with Crippen molar-refractivity contribution in [1.82, 2.24) is 10.6 Å². The maximum Gasteiger partial charge on any atom is 0.249 e. The van der Waals surface area contributed by atoms with Crippen molar-refractivity contribution in [2.75, 3.05) is 6.54 Å². The van der Waals surface area contributed by atoms with Gasteiger partial charge in [0.1, 0.15) is 6.10 Å². The predicted octanol–water partition coefficient (Wildman–Crippen LogP) is 3.04. The van der Waals surface area contributed by atoms with Crippen LogP contribution >= 0.6 is 12.4 Å². The van der Waals surface area contributed by atoms with E-state index in [0.717, 1.165) is 44.6 Å². The molecule has 0 radical (unpaired) electrons. The quantitative estimate of drug-likeness (QED) is 0.813. The second-order valence-corrected chi connectivity index (χ2v) is 7.01. The zero-order valence-electron chi connectivity index (χ0n) is 14.3. The summed E-state index contributed by atoms with van der Waals surface area (Å²) in [7, 11) is 0. The van der Waals surface area contributed by atoms with E-state index in [1.807, 2.05) is 6.92 Å². The normalized spacial score (nSPS) is 33.6. The molecule has 0 aromatic carbocycles. The van der Waals surface area contributed by atoms with E-state index in [1.54, 1.807) is 0 Å². The highest BCUT2D eigenvalue weighted by molar-refractivity contribution is 5.85. The van der Waals surface area contributed by atoms with Gasteiger partial charge in [-0.1, -0.05) is 26.7 Å². The Balaban J connectivity index is 0.00000242. The van der Waals surface area contributed by atoms with E-state index in [9.17, 15) is 4.79 Å². The van der Waals surface area contributed by atoms with E-state index >= 15 is 0 Å². The molecule has 22 heavy (non-hydrogen) atoms. The summed E-state index contributed by atoms with van der Waals surface area (Å²) in [4.78, 5) is 12.4. The molecule has 1 saturated carbocycles. The van der Waals surface area contributed by atoms with Gasteiger partial charge in [-0.2, -0.15) is 0 Å². The van der Waals surface area contributed by atoms with Crippen LogP contribution in [0.3, 0.4) is 0 Å². The second-order valence-electron chi connectivity index (χ2n) is 7.01. The Bertz CT molecular complexity index is 341. The molecule has 4 nitrogen and oxygen atoms in total. The highest BCUT2D eigenvalue weighted by Gasteiger charge is 2.28. The zero-order valence-corrected chi connectivity index (χ0v) is 15.1. The van der Waals surface area contributed by atoms with E-state index in [2.05, 4.69) is 24.5 Å². The van der Waals surface area contributed by atoms with Crippen LogP contribution in [0.15, 0.2) is 0 Å². The van der Waals surface area contributed by atoms with Gasteiger partial charge < -0.3 is 15.4 Å². The SMILES string of the molecule is CCC(OC1CCCC(C)C1)C(=O)NC1CCNC(C)C1.Cl. The number of piperidine rings is 1. The molecule has 0 spiro atoms. The summed E-state index contributed by atoms with van der Waals surface area (Å²) in [6.07, 6.45) is 7.55. The molecular formula is C17H33ClN2O2. The molecule has 1 heterocycles. The Morgan fingerprint density at radius 3 is 2.68 bits per heavy atom. The summed E-state index contributed by atoms with van der Waals surface area (Å²) >= 11 is 0. The largest absolute Gasteiger partial charge is 0.365 e. The number of rotatable bonds is 5. The minimum absolute atomic E-state index is 0. The molecule has 1 aliphatic carbocycles. The molecule has 1 saturated heterocycles. The maximum absolute atomic E-state index is 12.4. The van der Waals surface area contributed by atoms with E-state index in [0.29, 0.717) is 12.1 Å². The van der Waals surface area contributed by atoms with E-state index in [-0.39, 0.29) is 30.5 Å². The molecule has 2 N–H and O–H groups in total. The van der Waals surface area contributed by atoms with Crippen LogP contribution in [-0.4, -0.2) is 36.7 Å². The lowest BCUT2D eigenvalue weighted by Gasteiger charge is -2.32. The van der Waals surface area contributed by atoms with Gasteiger partial charge >= 0.3 is 0 Å². The lowest BCUT2D eigenvalue weighted by molar-refractivity contribution is -0.140. The monoisotopic (exact) mass is 332 g/mol. The van der Waals surface area contributed by atoms with Gasteiger partial charge in [-0.05, 0) is 51.5 Å². The smallest absolute Gasteiger partial charge is 0.249 e. The summed E-state index contributed by atoms with van der Waals surface area (Å²) in [6.45, 7) is 7.49. The first-order valence-electron chi connectivity index (χ1n) is 8.77. The van der Waals surface area contributed by atoms with Gasteiger partial charge in [-0.25, -0.2) is 0 Å². The van der Waals surface area contributed by atoms with Crippen LogP contribution in [0, 0.1) is 5.92 Å². The molecule has 5 atom stereocenters. The number of hydrogen-bond acceptors (Lipinski definition) is 3. The minimum Gasteiger partial charge on any atom is -0.365 e. The molecule has 0 aromatic rings. The van der Waals surface area contributed by atoms with Crippen molar-refractivity contribution in [2.45, 2.75) is 90.0 Å². The molecule has 130 valence electrons. The lowest BCUT2D eigenvalue weighted by Crippen LogP contribution is -2.50. The van der Waals surface area contributed by atoms with Crippen LogP contribution < -0.4 is 10.6 Å². The first kappa shape index (κ1) is 19.7. The maximum atomic E-state index is 12.4. The Labute approximate surface area is 141 Å².